The first-order chi connectivity index (χ1) is 13.6. The van der Waals surface area contributed by atoms with Crippen LogP contribution in [0.5, 0.6) is 0 Å². The number of aromatic nitrogens is 1. The van der Waals surface area contributed by atoms with Crippen LogP contribution in [0.1, 0.15) is 28.8 Å². The summed E-state index contributed by atoms with van der Waals surface area (Å²) in [7, 11) is 0. The van der Waals surface area contributed by atoms with Gasteiger partial charge in [-0.05, 0) is 29.8 Å². The molecule has 0 aliphatic carbocycles. The minimum atomic E-state index is -0.255. The highest BCUT2D eigenvalue weighted by atomic mass is 16.3. The van der Waals surface area contributed by atoms with Crippen molar-refractivity contribution in [3.8, 4) is 11.3 Å². The third-order valence-electron chi connectivity index (χ3n) is 4.55. The number of imide groups is 1. The molecule has 4 rings (SSSR count). The second-order valence-electron chi connectivity index (χ2n) is 6.47. The van der Waals surface area contributed by atoms with Crippen molar-refractivity contribution in [1.29, 1.82) is 0 Å². The molecular weight excluding hydrogens is 358 g/mol. The predicted molar refractivity (Wildman–Crippen MR) is 101 cm³/mol. The average molecular weight is 375 g/mol. The Kier molecular flexibility index (Phi) is 4.72. The third kappa shape index (κ3) is 3.68. The maximum atomic E-state index is 12.5. The Balaban J connectivity index is 1.43. The molecule has 28 heavy (non-hydrogen) atoms. The van der Waals surface area contributed by atoms with E-state index in [0.717, 1.165) is 11.1 Å². The van der Waals surface area contributed by atoms with E-state index in [0.29, 0.717) is 17.0 Å². The molecule has 1 aliphatic rings. The van der Waals surface area contributed by atoms with E-state index in [-0.39, 0.29) is 37.1 Å². The SMILES string of the molecule is O=C(Nc1cccc(-c2cnco2)c1)c1ccc(CN2C(=O)CCC2=O)cc1. The van der Waals surface area contributed by atoms with Gasteiger partial charge in [0.2, 0.25) is 11.8 Å². The highest BCUT2D eigenvalue weighted by Crippen LogP contribution is 2.22. The molecular formula is C21H17N3O4. The van der Waals surface area contributed by atoms with E-state index in [1.165, 1.54) is 11.3 Å². The Hall–Kier alpha value is -3.74. The summed E-state index contributed by atoms with van der Waals surface area (Å²) in [5.41, 5.74) is 2.72. The molecule has 3 amide bonds. The van der Waals surface area contributed by atoms with Gasteiger partial charge in [0.05, 0.1) is 12.7 Å². The molecule has 0 radical (unpaired) electrons. The minimum Gasteiger partial charge on any atom is -0.444 e. The smallest absolute Gasteiger partial charge is 0.255 e. The molecule has 0 saturated carbocycles. The van der Waals surface area contributed by atoms with Gasteiger partial charge in [-0.15, -0.1) is 0 Å². The summed E-state index contributed by atoms with van der Waals surface area (Å²) in [5, 5.41) is 2.85. The fraction of sp³-hybridized carbons (Fsp3) is 0.143. The fourth-order valence-electron chi connectivity index (χ4n) is 3.06. The maximum Gasteiger partial charge on any atom is 0.255 e. The second-order valence-corrected chi connectivity index (χ2v) is 6.47. The van der Waals surface area contributed by atoms with E-state index >= 15 is 0 Å². The van der Waals surface area contributed by atoms with E-state index in [4.69, 9.17) is 4.42 Å². The van der Waals surface area contributed by atoms with Gasteiger partial charge >= 0.3 is 0 Å². The van der Waals surface area contributed by atoms with E-state index in [2.05, 4.69) is 10.3 Å². The zero-order valence-electron chi connectivity index (χ0n) is 14.9. The second kappa shape index (κ2) is 7.48. The lowest BCUT2D eigenvalue weighted by atomic mass is 10.1. The van der Waals surface area contributed by atoms with Crippen molar-refractivity contribution in [2.45, 2.75) is 19.4 Å². The number of benzene rings is 2. The zero-order chi connectivity index (χ0) is 19.5. The first kappa shape index (κ1) is 17.7. The van der Waals surface area contributed by atoms with E-state index in [1.54, 1.807) is 42.6 Å². The van der Waals surface area contributed by atoms with Gasteiger partial charge in [-0.25, -0.2) is 4.98 Å². The summed E-state index contributed by atoms with van der Waals surface area (Å²) in [4.78, 5) is 41.1. The van der Waals surface area contributed by atoms with Crippen LogP contribution in [-0.2, 0) is 16.1 Å². The van der Waals surface area contributed by atoms with Crippen LogP contribution in [0.4, 0.5) is 5.69 Å². The number of oxazole rings is 1. The summed E-state index contributed by atoms with van der Waals surface area (Å²) in [6, 6.07) is 14.1. The number of amides is 3. The zero-order valence-corrected chi connectivity index (χ0v) is 14.9. The molecule has 1 saturated heterocycles. The van der Waals surface area contributed by atoms with Crippen molar-refractivity contribution >= 4 is 23.4 Å². The van der Waals surface area contributed by atoms with Crippen LogP contribution in [0.15, 0.2) is 65.5 Å². The Labute approximate surface area is 161 Å². The molecule has 1 fully saturated rings. The van der Waals surface area contributed by atoms with Gasteiger partial charge in [0, 0.05) is 29.7 Å². The normalized spacial score (nSPS) is 13.8. The number of carbonyl (C=O) groups excluding carboxylic acids is 3. The molecule has 1 aromatic heterocycles. The third-order valence-corrected chi connectivity index (χ3v) is 4.55. The number of carbonyl (C=O) groups is 3. The van der Waals surface area contributed by atoms with Crippen LogP contribution in [0.2, 0.25) is 0 Å². The lowest BCUT2D eigenvalue weighted by Gasteiger charge is -2.14. The van der Waals surface area contributed by atoms with Gasteiger partial charge < -0.3 is 9.73 Å². The van der Waals surface area contributed by atoms with Crippen LogP contribution < -0.4 is 5.32 Å². The van der Waals surface area contributed by atoms with Gasteiger partial charge in [-0.1, -0.05) is 24.3 Å². The summed E-state index contributed by atoms with van der Waals surface area (Å²) >= 11 is 0. The lowest BCUT2D eigenvalue weighted by Crippen LogP contribution is -2.28. The maximum absolute atomic E-state index is 12.5. The number of hydrogen-bond acceptors (Lipinski definition) is 5. The molecule has 7 heteroatoms. The van der Waals surface area contributed by atoms with Crippen molar-refractivity contribution < 1.29 is 18.8 Å². The first-order valence-electron chi connectivity index (χ1n) is 8.82. The standard InChI is InChI=1S/C21H17N3O4/c25-19-8-9-20(26)24(19)12-14-4-6-15(7-5-14)21(27)23-17-3-1-2-16(10-17)18-11-22-13-28-18/h1-7,10-11,13H,8-9,12H2,(H,23,27). The largest absolute Gasteiger partial charge is 0.444 e. The van der Waals surface area contributed by atoms with Crippen molar-refractivity contribution in [3.05, 3.63) is 72.2 Å². The highest BCUT2D eigenvalue weighted by Gasteiger charge is 2.28. The molecule has 1 aliphatic heterocycles. The monoisotopic (exact) mass is 375 g/mol. The predicted octanol–water partition coefficient (Wildman–Crippen LogP) is 3.24. The van der Waals surface area contributed by atoms with Crippen molar-refractivity contribution in [2.24, 2.45) is 0 Å². The summed E-state index contributed by atoms with van der Waals surface area (Å²) in [6.45, 7) is 0.235. The Bertz CT molecular complexity index is 1010. The van der Waals surface area contributed by atoms with Gasteiger partial charge in [-0.2, -0.15) is 0 Å². The molecule has 0 bridgehead atoms. The van der Waals surface area contributed by atoms with Crippen molar-refractivity contribution in [1.82, 2.24) is 9.88 Å². The number of rotatable bonds is 5. The van der Waals surface area contributed by atoms with Crippen LogP contribution in [0.25, 0.3) is 11.3 Å². The number of nitrogens with zero attached hydrogens (tertiary/aromatic N) is 2. The Morgan fingerprint density at radius 2 is 1.82 bits per heavy atom. The molecule has 7 nitrogen and oxygen atoms in total. The average Bonchev–Trinajstić information content (AvgIpc) is 3.35. The lowest BCUT2D eigenvalue weighted by molar-refractivity contribution is -0.139. The van der Waals surface area contributed by atoms with Crippen LogP contribution in [0.3, 0.4) is 0 Å². The number of hydrogen-bond donors (Lipinski definition) is 1. The topological polar surface area (TPSA) is 92.5 Å². The van der Waals surface area contributed by atoms with Crippen LogP contribution in [-0.4, -0.2) is 27.6 Å². The first-order valence-corrected chi connectivity index (χ1v) is 8.82. The molecule has 2 heterocycles. The van der Waals surface area contributed by atoms with E-state index < -0.39 is 0 Å². The summed E-state index contributed by atoms with van der Waals surface area (Å²) < 4.78 is 5.27. The molecule has 3 aromatic rings. The van der Waals surface area contributed by atoms with E-state index in [1.807, 2.05) is 12.1 Å². The van der Waals surface area contributed by atoms with Gasteiger partial charge in [0.25, 0.3) is 5.91 Å². The van der Waals surface area contributed by atoms with E-state index in [9.17, 15) is 14.4 Å². The summed E-state index contributed by atoms with van der Waals surface area (Å²) in [5.74, 6) is 0.0537. The number of nitrogens with one attached hydrogen (secondary N) is 1. The van der Waals surface area contributed by atoms with Gasteiger partial charge in [-0.3, -0.25) is 19.3 Å². The van der Waals surface area contributed by atoms with Crippen LogP contribution >= 0.6 is 0 Å². The molecule has 0 spiro atoms. The van der Waals surface area contributed by atoms with Crippen molar-refractivity contribution in [2.75, 3.05) is 5.32 Å². The highest BCUT2D eigenvalue weighted by molar-refractivity contribution is 6.04. The Morgan fingerprint density at radius 1 is 1.07 bits per heavy atom. The van der Waals surface area contributed by atoms with Gasteiger partial charge in [0.15, 0.2) is 12.2 Å². The number of likely N-dealkylation sites (tertiary alicyclic amines) is 1. The molecule has 0 unspecified atom stereocenters. The van der Waals surface area contributed by atoms with Crippen molar-refractivity contribution in [3.63, 3.8) is 0 Å². The molecule has 2 aromatic carbocycles. The number of anilines is 1. The summed E-state index contributed by atoms with van der Waals surface area (Å²) in [6.07, 6.45) is 3.50. The quantitative estimate of drug-likeness (QED) is 0.691. The molecule has 140 valence electrons. The van der Waals surface area contributed by atoms with Crippen LogP contribution in [0, 0.1) is 0 Å². The van der Waals surface area contributed by atoms with Gasteiger partial charge in [0.1, 0.15) is 0 Å². The fourth-order valence-corrected chi connectivity index (χ4v) is 3.06. The molecule has 0 atom stereocenters. The molecule has 1 N–H and O–H groups in total. The minimum absolute atomic E-state index is 0.154. The Morgan fingerprint density at radius 3 is 2.50 bits per heavy atom.